The van der Waals surface area contributed by atoms with E-state index in [4.69, 9.17) is 4.74 Å². The second kappa shape index (κ2) is 7.04. The molecule has 0 aromatic heterocycles. The van der Waals surface area contributed by atoms with E-state index in [1.54, 1.807) is 0 Å². The van der Waals surface area contributed by atoms with E-state index in [1.165, 1.54) is 5.56 Å². The lowest BCUT2D eigenvalue weighted by Gasteiger charge is -2.10. The van der Waals surface area contributed by atoms with Crippen molar-refractivity contribution in [3.8, 4) is 0 Å². The summed E-state index contributed by atoms with van der Waals surface area (Å²) in [5, 5.41) is 0. The molecule has 0 heterocycles. The average Bonchev–Trinajstić information content (AvgIpc) is 2.30. The van der Waals surface area contributed by atoms with Gasteiger partial charge in [0.1, 0.15) is 0 Å². The molecule has 0 saturated heterocycles. The van der Waals surface area contributed by atoms with Crippen LogP contribution in [0.3, 0.4) is 0 Å². The Balaban J connectivity index is 2.26. The molecule has 1 atom stereocenters. The van der Waals surface area contributed by atoms with Crippen molar-refractivity contribution >= 4 is 5.97 Å². The average molecular weight is 219 g/mol. The van der Waals surface area contributed by atoms with Crippen molar-refractivity contribution in [2.75, 3.05) is 6.61 Å². The smallest absolute Gasteiger partial charge is 0.306 e. The zero-order valence-corrected chi connectivity index (χ0v) is 9.98. The lowest BCUT2D eigenvalue weighted by atomic mass is 9.96. The van der Waals surface area contributed by atoms with Gasteiger partial charge in [0.25, 0.3) is 0 Å². The third kappa shape index (κ3) is 4.47. The topological polar surface area (TPSA) is 26.3 Å². The van der Waals surface area contributed by atoms with Gasteiger partial charge < -0.3 is 4.74 Å². The van der Waals surface area contributed by atoms with Gasteiger partial charge in [0.2, 0.25) is 0 Å². The van der Waals surface area contributed by atoms with Crippen molar-refractivity contribution in [2.45, 2.75) is 32.6 Å². The summed E-state index contributed by atoms with van der Waals surface area (Å²) in [6, 6.07) is 10.3. The summed E-state index contributed by atoms with van der Waals surface area (Å²) in [7, 11) is 0. The number of hydrogen-bond acceptors (Lipinski definition) is 2. The molecular formula is C14H19O2. The normalized spacial score (nSPS) is 12.1. The van der Waals surface area contributed by atoms with Gasteiger partial charge in [-0.1, -0.05) is 37.3 Å². The summed E-state index contributed by atoms with van der Waals surface area (Å²) in [4.78, 5) is 11.1. The zero-order valence-electron chi connectivity index (χ0n) is 9.98. The molecular weight excluding hydrogens is 200 g/mol. The minimum atomic E-state index is -0.136. The quantitative estimate of drug-likeness (QED) is 0.686. The van der Waals surface area contributed by atoms with E-state index in [9.17, 15) is 4.79 Å². The standard InChI is InChI=1S/C14H19O2/c1-3-16-14(15)11-7-8-12(2)13-9-5-4-6-10-13/h4-7,9-10,12H,3,8,11H2,1-2H3. The maximum atomic E-state index is 11.1. The van der Waals surface area contributed by atoms with Crippen molar-refractivity contribution in [3.63, 3.8) is 0 Å². The largest absolute Gasteiger partial charge is 0.466 e. The van der Waals surface area contributed by atoms with Gasteiger partial charge in [-0.15, -0.1) is 0 Å². The van der Waals surface area contributed by atoms with Gasteiger partial charge in [0.05, 0.1) is 6.61 Å². The van der Waals surface area contributed by atoms with E-state index in [1.807, 2.05) is 31.5 Å². The molecule has 1 aromatic rings. The van der Waals surface area contributed by atoms with Crippen LogP contribution in [-0.2, 0) is 9.53 Å². The number of rotatable bonds is 6. The first-order valence-corrected chi connectivity index (χ1v) is 5.76. The molecule has 0 aliphatic heterocycles. The minimum absolute atomic E-state index is 0.136. The molecule has 0 aliphatic carbocycles. The molecule has 0 bridgehead atoms. The molecule has 2 nitrogen and oxygen atoms in total. The lowest BCUT2D eigenvalue weighted by molar-refractivity contribution is -0.142. The van der Waals surface area contributed by atoms with Gasteiger partial charge in [-0.25, -0.2) is 0 Å². The molecule has 1 unspecified atom stereocenters. The molecule has 0 amide bonds. The number of ether oxygens (including phenoxy) is 1. The van der Waals surface area contributed by atoms with Crippen molar-refractivity contribution < 1.29 is 9.53 Å². The Morgan fingerprint density at radius 1 is 1.38 bits per heavy atom. The summed E-state index contributed by atoms with van der Waals surface area (Å²) in [6.07, 6.45) is 3.31. The summed E-state index contributed by atoms with van der Waals surface area (Å²) in [6.45, 7) is 4.45. The first kappa shape index (κ1) is 12.8. The predicted molar refractivity (Wildman–Crippen MR) is 65.0 cm³/mol. The van der Waals surface area contributed by atoms with Crippen LogP contribution in [0.4, 0.5) is 0 Å². The SMILES string of the molecule is CCOC(=O)C[CH]CC(C)c1ccccc1. The number of hydrogen-bond donors (Lipinski definition) is 0. The third-order valence-electron chi connectivity index (χ3n) is 2.51. The van der Waals surface area contributed by atoms with Gasteiger partial charge in [0, 0.05) is 6.42 Å². The van der Waals surface area contributed by atoms with Gasteiger partial charge in [-0.3, -0.25) is 4.79 Å². The van der Waals surface area contributed by atoms with Gasteiger partial charge in [-0.2, -0.15) is 0 Å². The van der Waals surface area contributed by atoms with Gasteiger partial charge in [0.15, 0.2) is 0 Å². The molecule has 0 spiro atoms. The van der Waals surface area contributed by atoms with E-state index in [-0.39, 0.29) is 5.97 Å². The monoisotopic (exact) mass is 219 g/mol. The molecule has 0 N–H and O–H groups in total. The lowest BCUT2D eigenvalue weighted by Crippen LogP contribution is -2.04. The van der Waals surface area contributed by atoms with E-state index < -0.39 is 0 Å². The van der Waals surface area contributed by atoms with Crippen LogP contribution in [0.15, 0.2) is 30.3 Å². The Morgan fingerprint density at radius 3 is 2.69 bits per heavy atom. The Labute approximate surface area is 97.6 Å². The molecule has 0 saturated carbocycles. The fourth-order valence-electron chi connectivity index (χ4n) is 1.59. The molecule has 0 fully saturated rings. The zero-order chi connectivity index (χ0) is 11.8. The van der Waals surface area contributed by atoms with Crippen molar-refractivity contribution in [2.24, 2.45) is 0 Å². The minimum Gasteiger partial charge on any atom is -0.466 e. The summed E-state index contributed by atoms with van der Waals surface area (Å²) in [5.41, 5.74) is 1.31. The molecule has 1 radical (unpaired) electrons. The molecule has 0 aliphatic rings. The van der Waals surface area contributed by atoms with Crippen LogP contribution >= 0.6 is 0 Å². The van der Waals surface area contributed by atoms with Crippen LogP contribution in [-0.4, -0.2) is 12.6 Å². The Hall–Kier alpha value is -1.31. The molecule has 1 rings (SSSR count). The Kier molecular flexibility index (Phi) is 5.62. The van der Waals surface area contributed by atoms with Crippen LogP contribution in [0.1, 0.15) is 38.2 Å². The van der Waals surface area contributed by atoms with E-state index in [0.717, 1.165) is 6.42 Å². The van der Waals surface area contributed by atoms with Gasteiger partial charge >= 0.3 is 5.97 Å². The van der Waals surface area contributed by atoms with E-state index in [0.29, 0.717) is 18.9 Å². The summed E-state index contributed by atoms with van der Waals surface area (Å²) >= 11 is 0. The number of esters is 1. The maximum Gasteiger partial charge on any atom is 0.306 e. The van der Waals surface area contributed by atoms with Crippen molar-refractivity contribution in [1.29, 1.82) is 0 Å². The summed E-state index contributed by atoms with van der Waals surface area (Å²) in [5.74, 6) is 0.318. The molecule has 2 heteroatoms. The predicted octanol–water partition coefficient (Wildman–Crippen LogP) is 3.34. The fraction of sp³-hybridized carbons (Fsp3) is 0.429. The molecule has 1 aromatic carbocycles. The highest BCUT2D eigenvalue weighted by Crippen LogP contribution is 2.20. The highest BCUT2D eigenvalue weighted by atomic mass is 16.5. The third-order valence-corrected chi connectivity index (χ3v) is 2.51. The van der Waals surface area contributed by atoms with Crippen molar-refractivity contribution in [1.82, 2.24) is 0 Å². The van der Waals surface area contributed by atoms with Crippen LogP contribution in [0.5, 0.6) is 0 Å². The number of carbonyl (C=O) groups is 1. The number of carbonyl (C=O) groups excluding carboxylic acids is 1. The van der Waals surface area contributed by atoms with Crippen LogP contribution < -0.4 is 0 Å². The first-order valence-electron chi connectivity index (χ1n) is 5.76. The second-order valence-corrected chi connectivity index (χ2v) is 3.85. The fourth-order valence-corrected chi connectivity index (χ4v) is 1.59. The molecule has 87 valence electrons. The summed E-state index contributed by atoms with van der Waals surface area (Å²) < 4.78 is 4.86. The highest BCUT2D eigenvalue weighted by molar-refractivity contribution is 5.70. The van der Waals surface area contributed by atoms with Crippen molar-refractivity contribution in [3.05, 3.63) is 42.3 Å². The van der Waals surface area contributed by atoms with E-state index in [2.05, 4.69) is 19.1 Å². The Morgan fingerprint density at radius 2 is 2.06 bits per heavy atom. The van der Waals surface area contributed by atoms with Crippen LogP contribution in [0.25, 0.3) is 0 Å². The Bertz CT molecular complexity index is 306. The molecule has 16 heavy (non-hydrogen) atoms. The maximum absolute atomic E-state index is 11.1. The van der Waals surface area contributed by atoms with E-state index >= 15 is 0 Å². The van der Waals surface area contributed by atoms with Gasteiger partial charge in [-0.05, 0) is 31.2 Å². The number of benzene rings is 1. The van der Waals surface area contributed by atoms with Crippen LogP contribution in [0, 0.1) is 6.42 Å². The highest BCUT2D eigenvalue weighted by Gasteiger charge is 2.07. The second-order valence-electron chi connectivity index (χ2n) is 3.85. The first-order chi connectivity index (χ1) is 7.74. The van der Waals surface area contributed by atoms with Crippen LogP contribution in [0.2, 0.25) is 0 Å².